The van der Waals surface area contributed by atoms with Gasteiger partial charge in [-0.2, -0.15) is 0 Å². The van der Waals surface area contributed by atoms with E-state index in [1.807, 2.05) is 54.1 Å². The van der Waals surface area contributed by atoms with Crippen molar-refractivity contribution in [2.75, 3.05) is 0 Å². The van der Waals surface area contributed by atoms with Crippen LogP contribution < -0.4 is 5.56 Å². The summed E-state index contributed by atoms with van der Waals surface area (Å²) in [5.41, 5.74) is 4.19. The number of pyridine rings is 1. The lowest BCUT2D eigenvalue weighted by molar-refractivity contribution is 0.117. The molecule has 2 heterocycles. The number of benzene rings is 3. The lowest BCUT2D eigenvalue weighted by Gasteiger charge is -2.30. The Kier molecular flexibility index (Phi) is 5.83. The molecule has 0 aliphatic heterocycles. The van der Waals surface area contributed by atoms with Gasteiger partial charge in [0.25, 0.3) is 5.56 Å². The SMILES string of the molecule is CCc1cccc(-c2cc(=O)n(C)c3ccc(C(O)(c4ccc(Cl)cc4)c4cncn4C)cc23)c1. The zero-order chi connectivity index (χ0) is 24.7. The van der Waals surface area contributed by atoms with Crippen LogP contribution in [0.4, 0.5) is 0 Å². The zero-order valence-electron chi connectivity index (χ0n) is 19.9. The van der Waals surface area contributed by atoms with E-state index in [1.54, 1.807) is 42.3 Å². The summed E-state index contributed by atoms with van der Waals surface area (Å²) < 4.78 is 3.45. The molecule has 0 spiro atoms. The number of aliphatic hydroxyl groups is 1. The van der Waals surface area contributed by atoms with Crippen molar-refractivity contribution in [3.05, 3.63) is 123 Å². The summed E-state index contributed by atoms with van der Waals surface area (Å²) in [6.07, 6.45) is 4.24. The van der Waals surface area contributed by atoms with Crippen LogP contribution in [0, 0.1) is 0 Å². The molecule has 5 aromatic rings. The molecule has 1 atom stereocenters. The molecule has 6 heteroatoms. The van der Waals surface area contributed by atoms with Crippen molar-refractivity contribution >= 4 is 22.5 Å². The molecule has 5 rings (SSSR count). The smallest absolute Gasteiger partial charge is 0.251 e. The zero-order valence-corrected chi connectivity index (χ0v) is 20.6. The fraction of sp³-hybridized carbons (Fsp3) is 0.172. The van der Waals surface area contributed by atoms with E-state index in [-0.39, 0.29) is 5.56 Å². The van der Waals surface area contributed by atoms with Crippen molar-refractivity contribution in [3.63, 3.8) is 0 Å². The van der Waals surface area contributed by atoms with Gasteiger partial charge in [-0.3, -0.25) is 4.79 Å². The molecule has 0 saturated carbocycles. The van der Waals surface area contributed by atoms with Crippen LogP contribution >= 0.6 is 11.6 Å². The van der Waals surface area contributed by atoms with E-state index in [1.165, 1.54) is 5.56 Å². The summed E-state index contributed by atoms with van der Waals surface area (Å²) in [6, 6.07) is 22.8. The van der Waals surface area contributed by atoms with E-state index in [0.29, 0.717) is 21.8 Å². The van der Waals surface area contributed by atoms with Crippen LogP contribution in [0.2, 0.25) is 5.02 Å². The topological polar surface area (TPSA) is 60.1 Å². The standard InChI is InChI=1S/C29H26ClN3O2/c1-4-19-6-5-7-20(14-19)24-16-28(34)33(3)26-13-10-22(15-25(24)26)29(35,27-17-31-18-32(27)2)21-8-11-23(30)12-9-21/h5-18,35H,4H2,1-3H3. The molecule has 3 aromatic carbocycles. The first kappa shape index (κ1) is 23.1. The molecule has 0 bridgehead atoms. The molecule has 0 aliphatic rings. The van der Waals surface area contributed by atoms with Crippen molar-refractivity contribution in [3.8, 4) is 11.1 Å². The number of aromatic nitrogens is 3. The van der Waals surface area contributed by atoms with Gasteiger partial charge in [-0.1, -0.05) is 61.0 Å². The minimum atomic E-state index is -1.48. The highest BCUT2D eigenvalue weighted by molar-refractivity contribution is 6.30. The number of fused-ring (bicyclic) bond motifs is 1. The van der Waals surface area contributed by atoms with E-state index < -0.39 is 5.60 Å². The molecule has 0 amide bonds. The first-order valence-corrected chi connectivity index (χ1v) is 11.9. The second kappa shape index (κ2) is 8.84. The fourth-order valence-corrected chi connectivity index (χ4v) is 4.87. The molecular formula is C29H26ClN3O2. The van der Waals surface area contributed by atoms with Crippen molar-refractivity contribution in [2.24, 2.45) is 14.1 Å². The normalized spacial score (nSPS) is 13.2. The van der Waals surface area contributed by atoms with Gasteiger partial charge in [0.15, 0.2) is 5.60 Å². The largest absolute Gasteiger partial charge is 0.374 e. The Bertz CT molecular complexity index is 1600. The fourth-order valence-electron chi connectivity index (χ4n) is 4.74. The van der Waals surface area contributed by atoms with Crippen LogP contribution in [0.5, 0.6) is 0 Å². The van der Waals surface area contributed by atoms with Crippen LogP contribution in [0.25, 0.3) is 22.0 Å². The maximum absolute atomic E-state index is 12.8. The van der Waals surface area contributed by atoms with E-state index in [0.717, 1.165) is 28.5 Å². The van der Waals surface area contributed by atoms with Gasteiger partial charge in [0.05, 0.1) is 23.7 Å². The summed E-state index contributed by atoms with van der Waals surface area (Å²) in [6.45, 7) is 2.11. The number of nitrogens with zero attached hydrogens (tertiary/aromatic N) is 3. The molecule has 0 aliphatic carbocycles. The predicted molar refractivity (Wildman–Crippen MR) is 141 cm³/mol. The molecule has 1 unspecified atom stereocenters. The number of aryl methyl sites for hydroxylation is 3. The maximum atomic E-state index is 12.8. The van der Waals surface area contributed by atoms with Gasteiger partial charge in [-0.25, -0.2) is 4.98 Å². The summed E-state index contributed by atoms with van der Waals surface area (Å²) in [7, 11) is 3.62. The Balaban J connectivity index is 1.83. The number of hydrogen-bond donors (Lipinski definition) is 1. The van der Waals surface area contributed by atoms with Gasteiger partial charge in [-0.05, 0) is 58.5 Å². The molecule has 0 fully saturated rings. The summed E-state index contributed by atoms with van der Waals surface area (Å²) in [5.74, 6) is 0. The van der Waals surface area contributed by atoms with E-state index in [4.69, 9.17) is 11.6 Å². The van der Waals surface area contributed by atoms with Crippen molar-refractivity contribution in [1.82, 2.24) is 14.1 Å². The van der Waals surface area contributed by atoms with Gasteiger partial charge in [0.2, 0.25) is 0 Å². The van der Waals surface area contributed by atoms with E-state index in [2.05, 4.69) is 24.0 Å². The molecule has 0 saturated heterocycles. The summed E-state index contributed by atoms with van der Waals surface area (Å²) >= 11 is 6.16. The van der Waals surface area contributed by atoms with Gasteiger partial charge in [0, 0.05) is 30.6 Å². The maximum Gasteiger partial charge on any atom is 0.251 e. The van der Waals surface area contributed by atoms with Gasteiger partial charge in [-0.15, -0.1) is 0 Å². The number of rotatable bonds is 5. The van der Waals surface area contributed by atoms with Gasteiger partial charge in [0.1, 0.15) is 0 Å². The van der Waals surface area contributed by atoms with Crippen LogP contribution in [0.15, 0.2) is 90.1 Å². The van der Waals surface area contributed by atoms with Gasteiger partial charge < -0.3 is 14.2 Å². The highest BCUT2D eigenvalue weighted by atomic mass is 35.5. The third-order valence-corrected chi connectivity index (χ3v) is 7.01. The molecule has 5 nitrogen and oxygen atoms in total. The predicted octanol–water partition coefficient (Wildman–Crippen LogP) is 5.44. The Labute approximate surface area is 208 Å². The highest BCUT2D eigenvalue weighted by Gasteiger charge is 2.37. The van der Waals surface area contributed by atoms with E-state index in [9.17, 15) is 9.90 Å². The van der Waals surface area contributed by atoms with Crippen molar-refractivity contribution in [2.45, 2.75) is 18.9 Å². The minimum Gasteiger partial charge on any atom is -0.374 e. The van der Waals surface area contributed by atoms with Crippen LogP contribution in [-0.4, -0.2) is 19.2 Å². The molecule has 35 heavy (non-hydrogen) atoms. The van der Waals surface area contributed by atoms with Crippen LogP contribution in [0.3, 0.4) is 0 Å². The second-order valence-electron chi connectivity index (χ2n) is 8.85. The second-order valence-corrected chi connectivity index (χ2v) is 9.28. The summed E-state index contributed by atoms with van der Waals surface area (Å²) in [4.78, 5) is 17.1. The molecule has 0 radical (unpaired) electrons. The molecule has 2 aromatic heterocycles. The first-order valence-electron chi connectivity index (χ1n) is 11.5. The van der Waals surface area contributed by atoms with Crippen LogP contribution in [-0.2, 0) is 26.1 Å². The Morgan fingerprint density at radius 1 is 0.971 bits per heavy atom. The lowest BCUT2D eigenvalue weighted by atomic mass is 9.82. The average molecular weight is 484 g/mol. The average Bonchev–Trinajstić information content (AvgIpc) is 3.32. The van der Waals surface area contributed by atoms with Crippen molar-refractivity contribution in [1.29, 1.82) is 0 Å². The molecule has 1 N–H and O–H groups in total. The van der Waals surface area contributed by atoms with Crippen LogP contribution in [0.1, 0.15) is 29.3 Å². The van der Waals surface area contributed by atoms with Gasteiger partial charge >= 0.3 is 0 Å². The first-order chi connectivity index (χ1) is 16.8. The Morgan fingerprint density at radius 2 is 1.71 bits per heavy atom. The lowest BCUT2D eigenvalue weighted by Crippen LogP contribution is -2.31. The minimum absolute atomic E-state index is 0.0817. The molecule has 176 valence electrons. The third kappa shape index (κ3) is 3.87. The number of hydrogen-bond acceptors (Lipinski definition) is 3. The monoisotopic (exact) mass is 483 g/mol. The highest BCUT2D eigenvalue weighted by Crippen LogP contribution is 2.39. The quantitative estimate of drug-likeness (QED) is 0.362. The van der Waals surface area contributed by atoms with Crippen molar-refractivity contribution < 1.29 is 5.11 Å². The molecular weight excluding hydrogens is 458 g/mol. The Morgan fingerprint density at radius 3 is 2.40 bits per heavy atom. The Hall–Kier alpha value is -3.67. The summed E-state index contributed by atoms with van der Waals surface area (Å²) in [5, 5.41) is 13.8. The third-order valence-electron chi connectivity index (χ3n) is 6.76. The number of halogens is 1. The van der Waals surface area contributed by atoms with E-state index >= 15 is 0 Å². The number of imidazole rings is 1.